The fourth-order valence-electron chi connectivity index (χ4n) is 2.25. The van der Waals surface area contributed by atoms with E-state index in [9.17, 15) is 9.50 Å². The SMILES string of the molecule is CC(C)N1CCOC[C@](O)(COc2cccc(F)c2)C1. The van der Waals surface area contributed by atoms with Gasteiger partial charge in [0.1, 0.15) is 23.8 Å². The number of nitrogens with zero attached hydrogens (tertiary/aromatic N) is 1. The van der Waals surface area contributed by atoms with Gasteiger partial charge in [0.15, 0.2) is 0 Å². The Hall–Kier alpha value is -1.17. The number of ether oxygens (including phenoxy) is 2. The zero-order valence-electron chi connectivity index (χ0n) is 12.0. The molecule has 1 aromatic rings. The molecule has 112 valence electrons. The van der Waals surface area contributed by atoms with Crippen molar-refractivity contribution in [3.8, 4) is 5.75 Å². The molecule has 4 nitrogen and oxygen atoms in total. The Balaban J connectivity index is 1.98. The number of benzene rings is 1. The highest BCUT2D eigenvalue weighted by Gasteiger charge is 2.34. The molecule has 1 aliphatic heterocycles. The van der Waals surface area contributed by atoms with Crippen molar-refractivity contribution in [1.82, 2.24) is 4.90 Å². The van der Waals surface area contributed by atoms with Crippen molar-refractivity contribution in [3.05, 3.63) is 30.1 Å². The molecule has 1 fully saturated rings. The van der Waals surface area contributed by atoms with E-state index in [1.54, 1.807) is 12.1 Å². The summed E-state index contributed by atoms with van der Waals surface area (Å²) >= 11 is 0. The second kappa shape index (κ2) is 6.52. The average molecular weight is 283 g/mol. The lowest BCUT2D eigenvalue weighted by Gasteiger charge is -2.32. The van der Waals surface area contributed by atoms with Gasteiger partial charge in [-0.2, -0.15) is 0 Å². The van der Waals surface area contributed by atoms with Gasteiger partial charge in [-0.1, -0.05) is 6.07 Å². The zero-order chi connectivity index (χ0) is 14.6. The number of halogens is 1. The van der Waals surface area contributed by atoms with E-state index in [1.807, 2.05) is 0 Å². The fraction of sp³-hybridized carbons (Fsp3) is 0.600. The second-order valence-corrected chi connectivity index (χ2v) is 5.59. The maximum atomic E-state index is 13.1. The normalized spacial score (nSPS) is 24.6. The minimum atomic E-state index is -1.08. The first-order valence-corrected chi connectivity index (χ1v) is 6.91. The summed E-state index contributed by atoms with van der Waals surface area (Å²) in [6.45, 7) is 6.35. The maximum Gasteiger partial charge on any atom is 0.134 e. The fourth-order valence-corrected chi connectivity index (χ4v) is 2.25. The third kappa shape index (κ3) is 4.16. The molecule has 0 saturated carbocycles. The van der Waals surface area contributed by atoms with Gasteiger partial charge in [0.2, 0.25) is 0 Å². The molecule has 0 aromatic heterocycles. The van der Waals surface area contributed by atoms with Gasteiger partial charge in [-0.05, 0) is 26.0 Å². The largest absolute Gasteiger partial charge is 0.490 e. The van der Waals surface area contributed by atoms with Crippen LogP contribution in [0.5, 0.6) is 5.75 Å². The predicted octanol–water partition coefficient (Wildman–Crippen LogP) is 1.68. The van der Waals surface area contributed by atoms with E-state index in [-0.39, 0.29) is 19.0 Å². The number of hydrogen-bond donors (Lipinski definition) is 1. The molecule has 2 rings (SSSR count). The zero-order valence-corrected chi connectivity index (χ0v) is 12.0. The van der Waals surface area contributed by atoms with E-state index in [0.29, 0.717) is 24.9 Å². The first-order valence-electron chi connectivity index (χ1n) is 6.91. The van der Waals surface area contributed by atoms with E-state index in [1.165, 1.54) is 12.1 Å². The van der Waals surface area contributed by atoms with Crippen LogP contribution in [0.4, 0.5) is 4.39 Å². The molecule has 0 radical (unpaired) electrons. The molecule has 0 bridgehead atoms. The van der Waals surface area contributed by atoms with E-state index in [4.69, 9.17) is 9.47 Å². The summed E-state index contributed by atoms with van der Waals surface area (Å²) in [7, 11) is 0. The van der Waals surface area contributed by atoms with Gasteiger partial charge in [0.05, 0.1) is 13.2 Å². The van der Waals surface area contributed by atoms with Crippen LogP contribution in [0.3, 0.4) is 0 Å². The van der Waals surface area contributed by atoms with Gasteiger partial charge in [0.25, 0.3) is 0 Å². The van der Waals surface area contributed by atoms with Crippen LogP contribution in [0.1, 0.15) is 13.8 Å². The standard InChI is InChI=1S/C15H22FNO3/c1-12(2)17-6-7-19-10-15(18,9-17)11-20-14-5-3-4-13(16)8-14/h3-5,8,12,18H,6-7,9-11H2,1-2H3/t15-/m0/s1. The topological polar surface area (TPSA) is 41.9 Å². The monoisotopic (exact) mass is 283 g/mol. The van der Waals surface area contributed by atoms with Gasteiger partial charge >= 0.3 is 0 Å². The molecule has 0 unspecified atom stereocenters. The Kier molecular flexibility index (Phi) is 4.96. The highest BCUT2D eigenvalue weighted by atomic mass is 19.1. The predicted molar refractivity (Wildman–Crippen MR) is 74.4 cm³/mol. The summed E-state index contributed by atoms with van der Waals surface area (Å²) in [5.74, 6) is 0.0641. The van der Waals surface area contributed by atoms with E-state index >= 15 is 0 Å². The Morgan fingerprint density at radius 3 is 3.00 bits per heavy atom. The van der Waals surface area contributed by atoms with Crippen molar-refractivity contribution in [2.24, 2.45) is 0 Å². The number of rotatable bonds is 4. The van der Waals surface area contributed by atoms with Crippen molar-refractivity contribution >= 4 is 0 Å². The number of hydrogen-bond acceptors (Lipinski definition) is 4. The van der Waals surface area contributed by atoms with Crippen LogP contribution in [0.15, 0.2) is 24.3 Å². The molecular formula is C15H22FNO3. The molecule has 0 spiro atoms. The van der Waals surface area contributed by atoms with Gasteiger partial charge in [0, 0.05) is 25.2 Å². The Morgan fingerprint density at radius 2 is 2.30 bits per heavy atom. The highest BCUT2D eigenvalue weighted by Crippen LogP contribution is 2.18. The average Bonchev–Trinajstić information content (AvgIpc) is 2.59. The Bertz CT molecular complexity index is 441. The van der Waals surface area contributed by atoms with E-state index < -0.39 is 5.60 Å². The molecule has 1 aliphatic rings. The minimum absolute atomic E-state index is 0.0830. The summed E-state index contributed by atoms with van der Waals surface area (Å²) in [5.41, 5.74) is -1.08. The van der Waals surface area contributed by atoms with Crippen LogP contribution in [0.2, 0.25) is 0 Å². The first-order chi connectivity index (χ1) is 9.48. The molecule has 1 saturated heterocycles. The molecule has 5 heteroatoms. The second-order valence-electron chi connectivity index (χ2n) is 5.59. The smallest absolute Gasteiger partial charge is 0.134 e. The minimum Gasteiger partial charge on any atom is -0.490 e. The van der Waals surface area contributed by atoms with Crippen molar-refractivity contribution in [2.75, 3.05) is 32.9 Å². The molecule has 0 aliphatic carbocycles. The van der Waals surface area contributed by atoms with Crippen molar-refractivity contribution in [1.29, 1.82) is 0 Å². The third-order valence-corrected chi connectivity index (χ3v) is 3.42. The number of aliphatic hydroxyl groups is 1. The Labute approximate surface area is 119 Å². The van der Waals surface area contributed by atoms with E-state index in [2.05, 4.69) is 18.7 Å². The molecule has 20 heavy (non-hydrogen) atoms. The van der Waals surface area contributed by atoms with Crippen molar-refractivity contribution in [3.63, 3.8) is 0 Å². The summed E-state index contributed by atoms with van der Waals surface area (Å²) in [6.07, 6.45) is 0. The highest BCUT2D eigenvalue weighted by molar-refractivity contribution is 5.22. The first kappa shape index (κ1) is 15.2. The molecule has 1 atom stereocenters. The van der Waals surface area contributed by atoms with Gasteiger partial charge in [-0.25, -0.2) is 4.39 Å². The van der Waals surface area contributed by atoms with Crippen molar-refractivity contribution < 1.29 is 19.0 Å². The molecule has 1 N–H and O–H groups in total. The Morgan fingerprint density at radius 1 is 1.50 bits per heavy atom. The van der Waals surface area contributed by atoms with E-state index in [0.717, 1.165) is 6.54 Å². The van der Waals surface area contributed by atoms with Crippen LogP contribution in [-0.2, 0) is 4.74 Å². The molecular weight excluding hydrogens is 261 g/mol. The third-order valence-electron chi connectivity index (χ3n) is 3.42. The van der Waals surface area contributed by atoms with Crippen LogP contribution < -0.4 is 4.74 Å². The lowest BCUT2D eigenvalue weighted by atomic mass is 10.1. The summed E-state index contributed by atoms with van der Waals surface area (Å²) in [6, 6.07) is 6.25. The number of β-amino-alcohol motifs (C(OH)–C–C–N with tert-alkyl or cyclic N) is 1. The van der Waals surface area contributed by atoms with Crippen molar-refractivity contribution in [2.45, 2.75) is 25.5 Å². The quantitative estimate of drug-likeness (QED) is 0.913. The van der Waals surface area contributed by atoms with Gasteiger partial charge < -0.3 is 14.6 Å². The molecule has 1 aromatic carbocycles. The maximum absolute atomic E-state index is 13.1. The van der Waals surface area contributed by atoms with Crippen LogP contribution >= 0.6 is 0 Å². The summed E-state index contributed by atoms with van der Waals surface area (Å²) < 4.78 is 24.1. The van der Waals surface area contributed by atoms with Crippen LogP contribution in [-0.4, -0.2) is 54.6 Å². The lowest BCUT2D eigenvalue weighted by Crippen LogP contribution is -2.50. The van der Waals surface area contributed by atoms with Gasteiger partial charge in [-0.15, -0.1) is 0 Å². The summed E-state index contributed by atoms with van der Waals surface area (Å²) in [4.78, 5) is 2.15. The van der Waals surface area contributed by atoms with Gasteiger partial charge in [-0.3, -0.25) is 4.90 Å². The molecule has 1 heterocycles. The lowest BCUT2D eigenvalue weighted by molar-refractivity contribution is -0.0661. The molecule has 0 amide bonds. The summed E-state index contributed by atoms with van der Waals surface area (Å²) in [5, 5.41) is 10.6. The van der Waals surface area contributed by atoms with Crippen LogP contribution in [0.25, 0.3) is 0 Å². The van der Waals surface area contributed by atoms with Crippen LogP contribution in [0, 0.1) is 5.82 Å².